The molecule has 0 bridgehead atoms. The van der Waals surface area contributed by atoms with Gasteiger partial charge >= 0.3 is 11.9 Å². The van der Waals surface area contributed by atoms with Crippen molar-refractivity contribution in [2.75, 3.05) is 18.5 Å². The summed E-state index contributed by atoms with van der Waals surface area (Å²) in [5.74, 6) is -2.43. The average Bonchev–Trinajstić information content (AvgIpc) is 3.36. The zero-order valence-corrected chi connectivity index (χ0v) is 23.6. The molecular weight excluding hydrogens is 530 g/mol. The van der Waals surface area contributed by atoms with Crippen molar-refractivity contribution < 1.29 is 19.1 Å². The Kier molecular flexibility index (Phi) is 8.60. The minimum absolute atomic E-state index is 0.0130. The van der Waals surface area contributed by atoms with Crippen LogP contribution in [0.4, 0.5) is 10.8 Å². The van der Waals surface area contributed by atoms with Gasteiger partial charge in [-0.2, -0.15) is 5.26 Å². The number of pyridine rings is 1. The molecule has 1 aliphatic heterocycles. The molecule has 2 atom stereocenters. The summed E-state index contributed by atoms with van der Waals surface area (Å²) in [6.07, 6.45) is 0. The third-order valence-electron chi connectivity index (χ3n) is 6.50. The lowest BCUT2D eigenvalue weighted by Crippen LogP contribution is -2.36. The summed E-state index contributed by atoms with van der Waals surface area (Å²) in [6.45, 7) is 9.10. The van der Waals surface area contributed by atoms with Gasteiger partial charge in [-0.25, -0.2) is 9.78 Å². The van der Waals surface area contributed by atoms with E-state index in [1.807, 2.05) is 35.7 Å². The maximum atomic E-state index is 13.1. The molecule has 0 saturated carbocycles. The third kappa shape index (κ3) is 5.72. The highest BCUT2D eigenvalue weighted by Gasteiger charge is 2.42. The van der Waals surface area contributed by atoms with Crippen molar-refractivity contribution in [3.05, 3.63) is 74.2 Å². The van der Waals surface area contributed by atoms with Gasteiger partial charge in [-0.1, -0.05) is 12.1 Å². The van der Waals surface area contributed by atoms with Crippen LogP contribution in [-0.4, -0.2) is 40.8 Å². The topological polar surface area (TPSA) is 147 Å². The molecule has 0 radical (unpaired) electrons. The number of anilines is 2. The van der Waals surface area contributed by atoms with Gasteiger partial charge < -0.3 is 19.8 Å². The normalized spacial score (nSPS) is 16.6. The number of aromatic nitrogens is 2. The molecule has 0 aliphatic carbocycles. The van der Waals surface area contributed by atoms with Crippen molar-refractivity contribution in [3.63, 3.8) is 0 Å². The van der Waals surface area contributed by atoms with E-state index in [9.17, 15) is 19.6 Å². The molecule has 0 spiro atoms. The summed E-state index contributed by atoms with van der Waals surface area (Å²) < 4.78 is 10.7. The summed E-state index contributed by atoms with van der Waals surface area (Å²) in [5, 5.41) is 14.9. The minimum atomic E-state index is -0.790. The molecule has 2 aromatic heterocycles. The number of rotatable bonds is 8. The summed E-state index contributed by atoms with van der Waals surface area (Å²) in [4.78, 5) is 49.9. The molecule has 2 N–H and O–H groups in total. The van der Waals surface area contributed by atoms with Gasteiger partial charge in [-0.05, 0) is 58.4 Å². The van der Waals surface area contributed by atoms with E-state index in [1.165, 1.54) is 17.4 Å². The zero-order chi connectivity index (χ0) is 29.0. The van der Waals surface area contributed by atoms with Crippen molar-refractivity contribution >= 4 is 39.8 Å². The highest BCUT2D eigenvalue weighted by Crippen LogP contribution is 2.41. The van der Waals surface area contributed by atoms with Crippen LogP contribution in [0.3, 0.4) is 0 Å². The van der Waals surface area contributed by atoms with Gasteiger partial charge in [-0.15, -0.1) is 11.3 Å². The number of aliphatic imine (C=N–C) groups is 1. The molecule has 3 aromatic rings. The summed E-state index contributed by atoms with van der Waals surface area (Å²) in [5.41, 5.74) is 4.23. The maximum Gasteiger partial charge on any atom is 0.336 e. The van der Waals surface area contributed by atoms with Crippen molar-refractivity contribution in [1.82, 2.24) is 9.97 Å². The molecule has 1 aromatic carbocycles. The molecule has 1 aliphatic rings. The standard InChI is InChI=1S/C29H29N5O5S/c1-6-38-27(36)23-16(4)31-17(5)24(28(37)39-7-2)25(23)18-9-8-10-20(11-18)33-29-34-22(14-40-29)21-12-19(13-30)26(35)32-15(21)3/h8-12,14,23,25H,6-7H2,1-5H3,(H,32,35)(H,33,34). The average molecular weight is 560 g/mol. The summed E-state index contributed by atoms with van der Waals surface area (Å²) in [6, 6.07) is 10.8. The van der Waals surface area contributed by atoms with E-state index in [0.717, 1.165) is 0 Å². The molecule has 0 fully saturated rings. The number of nitrogens with zero attached hydrogens (tertiary/aromatic N) is 3. The first-order valence-corrected chi connectivity index (χ1v) is 13.6. The number of nitrogens with one attached hydrogen (secondary N) is 2. The van der Waals surface area contributed by atoms with Gasteiger partial charge in [0.15, 0.2) is 5.13 Å². The first-order chi connectivity index (χ1) is 19.2. The molecule has 206 valence electrons. The van der Waals surface area contributed by atoms with Crippen LogP contribution < -0.4 is 10.9 Å². The van der Waals surface area contributed by atoms with Gasteiger partial charge in [0.2, 0.25) is 0 Å². The minimum Gasteiger partial charge on any atom is -0.465 e. The first kappa shape index (κ1) is 28.4. The third-order valence-corrected chi connectivity index (χ3v) is 7.26. The van der Waals surface area contributed by atoms with Crippen LogP contribution in [-0.2, 0) is 19.1 Å². The monoisotopic (exact) mass is 559 g/mol. The van der Waals surface area contributed by atoms with Gasteiger partial charge in [0.25, 0.3) is 5.56 Å². The number of ether oxygens (including phenoxy) is 2. The number of carbonyl (C=O) groups excluding carboxylic acids is 2. The van der Waals surface area contributed by atoms with E-state index in [1.54, 1.807) is 34.6 Å². The highest BCUT2D eigenvalue weighted by molar-refractivity contribution is 7.14. The quantitative estimate of drug-likeness (QED) is 0.367. The molecule has 2 unspecified atom stereocenters. The van der Waals surface area contributed by atoms with Crippen molar-refractivity contribution in [2.24, 2.45) is 10.9 Å². The molecule has 3 heterocycles. The number of aryl methyl sites for hydroxylation is 1. The van der Waals surface area contributed by atoms with E-state index in [2.05, 4.69) is 20.3 Å². The Bertz CT molecular complexity index is 1630. The van der Waals surface area contributed by atoms with E-state index in [-0.39, 0.29) is 18.8 Å². The van der Waals surface area contributed by atoms with Crippen molar-refractivity contribution in [1.29, 1.82) is 5.26 Å². The number of hydrogen-bond donors (Lipinski definition) is 2. The number of carbonyl (C=O) groups is 2. The second kappa shape index (κ2) is 12.1. The van der Waals surface area contributed by atoms with Crippen LogP contribution in [0.2, 0.25) is 0 Å². The smallest absolute Gasteiger partial charge is 0.336 e. The Hall–Kier alpha value is -4.56. The highest BCUT2D eigenvalue weighted by atomic mass is 32.1. The second-order valence-corrected chi connectivity index (χ2v) is 9.99. The largest absolute Gasteiger partial charge is 0.465 e. The number of hydrogen-bond acceptors (Lipinski definition) is 10. The lowest BCUT2D eigenvalue weighted by Gasteiger charge is -2.31. The van der Waals surface area contributed by atoms with Crippen LogP contribution >= 0.6 is 11.3 Å². The maximum absolute atomic E-state index is 13.1. The predicted molar refractivity (Wildman–Crippen MR) is 153 cm³/mol. The van der Waals surface area contributed by atoms with Gasteiger partial charge in [-0.3, -0.25) is 14.6 Å². The number of thiazole rings is 1. The SMILES string of the molecule is CCOC(=O)C1=C(C)N=C(C)C(C(=O)OCC)C1c1cccc(Nc2nc(-c3cc(C#N)c(=O)[nH]c3C)cs2)c1. The molecule has 0 amide bonds. The molecule has 40 heavy (non-hydrogen) atoms. The number of H-pyrrole nitrogens is 1. The fraction of sp³-hybridized carbons (Fsp3) is 0.310. The molecule has 11 heteroatoms. The first-order valence-electron chi connectivity index (χ1n) is 12.7. The van der Waals surface area contributed by atoms with E-state index < -0.39 is 29.3 Å². The van der Waals surface area contributed by atoms with E-state index in [4.69, 9.17) is 9.47 Å². The van der Waals surface area contributed by atoms with Crippen LogP contribution in [0.5, 0.6) is 0 Å². The summed E-state index contributed by atoms with van der Waals surface area (Å²) in [7, 11) is 0. The van der Waals surface area contributed by atoms with E-state index in [0.29, 0.717) is 50.3 Å². The van der Waals surface area contributed by atoms with Gasteiger partial charge in [0, 0.05) is 39.7 Å². The summed E-state index contributed by atoms with van der Waals surface area (Å²) >= 11 is 1.36. The van der Waals surface area contributed by atoms with Crippen molar-refractivity contribution in [3.8, 4) is 17.3 Å². The number of aromatic amines is 1. The molecule has 10 nitrogen and oxygen atoms in total. The number of esters is 2. The van der Waals surface area contributed by atoms with Gasteiger partial charge in [0.1, 0.15) is 17.6 Å². The Morgan fingerprint density at radius 3 is 2.60 bits per heavy atom. The van der Waals surface area contributed by atoms with Crippen LogP contribution in [0.25, 0.3) is 11.3 Å². The Labute approximate surface area is 235 Å². The molecule has 0 saturated heterocycles. The second-order valence-electron chi connectivity index (χ2n) is 9.13. The van der Waals surface area contributed by atoms with Crippen LogP contribution in [0.1, 0.15) is 50.4 Å². The fourth-order valence-electron chi connectivity index (χ4n) is 4.77. The van der Waals surface area contributed by atoms with Crippen molar-refractivity contribution in [2.45, 2.75) is 40.5 Å². The molecule has 4 rings (SSSR count). The van der Waals surface area contributed by atoms with Crippen LogP contribution in [0.15, 0.2) is 56.8 Å². The van der Waals surface area contributed by atoms with Gasteiger partial charge in [0.05, 0.1) is 24.5 Å². The number of allylic oxidation sites excluding steroid dienone is 1. The van der Waals surface area contributed by atoms with E-state index >= 15 is 0 Å². The Morgan fingerprint density at radius 1 is 1.15 bits per heavy atom. The Balaban J connectivity index is 1.71. The number of nitriles is 1. The Morgan fingerprint density at radius 2 is 1.90 bits per heavy atom. The lowest BCUT2D eigenvalue weighted by atomic mass is 9.75. The fourth-order valence-corrected chi connectivity index (χ4v) is 5.50. The number of benzene rings is 1. The lowest BCUT2D eigenvalue weighted by molar-refractivity contribution is -0.146. The molecular formula is C29H29N5O5S. The van der Waals surface area contributed by atoms with Crippen LogP contribution in [0, 0.1) is 24.2 Å². The predicted octanol–water partition coefficient (Wildman–Crippen LogP) is 5.00. The zero-order valence-electron chi connectivity index (χ0n) is 22.8.